The van der Waals surface area contributed by atoms with Gasteiger partial charge in [-0.25, -0.2) is 5.43 Å². The lowest BCUT2D eigenvalue weighted by Crippen LogP contribution is -2.48. The van der Waals surface area contributed by atoms with Gasteiger partial charge in [0.2, 0.25) is 5.91 Å². The monoisotopic (exact) mass is 264 g/mol. The molecule has 1 aromatic carbocycles. The molecule has 5 heteroatoms. The third-order valence-electron chi connectivity index (χ3n) is 2.82. The number of hydrogen-bond acceptors (Lipinski definition) is 3. The Morgan fingerprint density at radius 3 is 2.83 bits per heavy atom. The molecule has 2 N–H and O–H groups in total. The summed E-state index contributed by atoms with van der Waals surface area (Å²) in [5, 5.41) is 0. The molecule has 1 amide bonds. The lowest BCUT2D eigenvalue weighted by atomic mass is 10.1. The number of carbonyl (C=O) groups is 1. The van der Waals surface area contributed by atoms with Gasteiger partial charge in [0.15, 0.2) is 0 Å². The average Bonchev–Trinajstić information content (AvgIpc) is 2.38. The second kappa shape index (κ2) is 5.93. The molecule has 0 radical (unpaired) electrons. The van der Waals surface area contributed by atoms with Crippen molar-refractivity contribution in [2.24, 2.45) is 0 Å². The van der Waals surface area contributed by atoms with E-state index in [-0.39, 0.29) is 11.9 Å². The van der Waals surface area contributed by atoms with Crippen molar-refractivity contribution in [3.8, 4) is 0 Å². The Balaban J connectivity index is 2.09. The average molecular weight is 264 g/mol. The summed E-state index contributed by atoms with van der Waals surface area (Å²) in [5.74, 6) is 0.0229. The van der Waals surface area contributed by atoms with Gasteiger partial charge in [-0.2, -0.15) is 0 Å². The van der Waals surface area contributed by atoms with Crippen LogP contribution in [0, 0.1) is 0 Å². The van der Waals surface area contributed by atoms with Crippen LogP contribution in [-0.2, 0) is 15.6 Å². The van der Waals surface area contributed by atoms with E-state index in [1.54, 1.807) is 6.26 Å². The van der Waals surface area contributed by atoms with Gasteiger partial charge in [0.05, 0.1) is 10.8 Å². The maximum absolute atomic E-state index is 11.6. The summed E-state index contributed by atoms with van der Waals surface area (Å²) in [7, 11) is -0.994. The molecule has 18 heavy (non-hydrogen) atoms. The van der Waals surface area contributed by atoms with Crippen molar-refractivity contribution < 1.29 is 9.00 Å². The zero-order chi connectivity index (χ0) is 13.0. The number of rotatable bonds is 3. The quantitative estimate of drug-likeness (QED) is 0.863. The minimum absolute atomic E-state index is 0.0229. The minimum Gasteiger partial charge on any atom is -0.291 e. The number of amides is 1. The normalized spacial score (nSPS) is 21.8. The van der Waals surface area contributed by atoms with E-state index in [1.165, 1.54) is 0 Å². The van der Waals surface area contributed by atoms with Gasteiger partial charge in [-0.3, -0.25) is 14.4 Å². The molecular formula is C13H16N2O2S. The molecule has 1 saturated heterocycles. The van der Waals surface area contributed by atoms with Crippen LogP contribution >= 0.6 is 0 Å². The highest BCUT2D eigenvalue weighted by atomic mass is 32.2. The van der Waals surface area contributed by atoms with E-state index in [2.05, 4.69) is 10.9 Å². The maximum atomic E-state index is 11.6. The van der Waals surface area contributed by atoms with Gasteiger partial charge in [-0.15, -0.1) is 0 Å². The highest BCUT2D eigenvalue weighted by Gasteiger charge is 2.14. The fourth-order valence-corrected chi connectivity index (χ4v) is 2.58. The van der Waals surface area contributed by atoms with Gasteiger partial charge in [0.1, 0.15) is 0 Å². The van der Waals surface area contributed by atoms with Gasteiger partial charge >= 0.3 is 0 Å². The van der Waals surface area contributed by atoms with Crippen LogP contribution in [0.4, 0.5) is 0 Å². The van der Waals surface area contributed by atoms with Crippen molar-refractivity contribution in [3.63, 3.8) is 0 Å². The van der Waals surface area contributed by atoms with Crippen molar-refractivity contribution in [1.82, 2.24) is 10.9 Å². The largest absolute Gasteiger partial charge is 0.291 e. The zero-order valence-corrected chi connectivity index (χ0v) is 11.0. The number of hydrogen-bond donors (Lipinski definition) is 2. The Morgan fingerprint density at radius 2 is 2.17 bits per heavy atom. The molecule has 0 spiro atoms. The molecule has 4 nitrogen and oxygen atoms in total. The van der Waals surface area contributed by atoms with E-state index >= 15 is 0 Å². The minimum atomic E-state index is -0.994. The zero-order valence-electron chi connectivity index (χ0n) is 10.2. The fourth-order valence-electron chi connectivity index (χ4n) is 1.84. The van der Waals surface area contributed by atoms with Gasteiger partial charge in [-0.05, 0) is 18.1 Å². The summed E-state index contributed by atoms with van der Waals surface area (Å²) in [6.07, 6.45) is 6.92. The fraction of sp³-hybridized carbons (Fsp3) is 0.308. The smallest absolute Gasteiger partial charge is 0.234 e. The lowest BCUT2D eigenvalue weighted by molar-refractivity contribution is -0.123. The van der Waals surface area contributed by atoms with E-state index in [0.29, 0.717) is 6.42 Å². The first-order chi connectivity index (χ1) is 8.66. The van der Waals surface area contributed by atoms with Gasteiger partial charge in [-0.1, -0.05) is 30.4 Å². The summed E-state index contributed by atoms with van der Waals surface area (Å²) in [6, 6.07) is 7.74. The molecule has 0 aromatic heterocycles. The molecule has 2 rings (SSSR count). The van der Waals surface area contributed by atoms with Crippen LogP contribution in [0.2, 0.25) is 0 Å². The summed E-state index contributed by atoms with van der Waals surface area (Å²) in [6.45, 7) is 0. The number of hydrazine groups is 1. The Hall–Kier alpha value is -1.46. The molecular weight excluding hydrogens is 248 g/mol. The van der Waals surface area contributed by atoms with Gasteiger partial charge in [0, 0.05) is 23.6 Å². The molecule has 2 unspecified atom stereocenters. The molecule has 0 aliphatic carbocycles. The SMILES string of the molecule is CS(=O)c1ccccc1/C=C/C1CCC(=O)NN1. The first-order valence-electron chi connectivity index (χ1n) is 5.82. The lowest BCUT2D eigenvalue weighted by Gasteiger charge is -2.20. The van der Waals surface area contributed by atoms with Crippen LogP contribution in [0.25, 0.3) is 6.08 Å². The van der Waals surface area contributed by atoms with Crippen molar-refractivity contribution >= 4 is 22.8 Å². The summed E-state index contributed by atoms with van der Waals surface area (Å²) in [5.41, 5.74) is 6.49. The maximum Gasteiger partial charge on any atom is 0.234 e. The van der Waals surface area contributed by atoms with Crippen molar-refractivity contribution in [2.45, 2.75) is 23.8 Å². The van der Waals surface area contributed by atoms with E-state index in [4.69, 9.17) is 0 Å². The highest BCUT2D eigenvalue weighted by molar-refractivity contribution is 7.84. The molecule has 0 bridgehead atoms. The number of carbonyl (C=O) groups excluding carboxylic acids is 1. The Kier molecular flexibility index (Phi) is 4.28. The van der Waals surface area contributed by atoms with Crippen molar-refractivity contribution in [1.29, 1.82) is 0 Å². The third kappa shape index (κ3) is 3.27. The molecule has 96 valence electrons. The first kappa shape index (κ1) is 13.0. The summed E-state index contributed by atoms with van der Waals surface area (Å²) < 4.78 is 11.6. The topological polar surface area (TPSA) is 58.2 Å². The number of nitrogens with one attached hydrogen (secondary N) is 2. The van der Waals surface area contributed by atoms with Crippen LogP contribution in [0.5, 0.6) is 0 Å². The molecule has 1 aliphatic rings. The molecule has 1 aliphatic heterocycles. The van der Waals surface area contributed by atoms with E-state index in [1.807, 2.05) is 36.4 Å². The number of benzene rings is 1. The molecule has 1 aromatic rings. The summed E-state index contributed by atoms with van der Waals surface area (Å²) in [4.78, 5) is 11.8. The predicted molar refractivity (Wildman–Crippen MR) is 72.1 cm³/mol. The van der Waals surface area contributed by atoms with E-state index in [0.717, 1.165) is 16.9 Å². The molecule has 0 saturated carbocycles. The van der Waals surface area contributed by atoms with Crippen LogP contribution in [0.3, 0.4) is 0 Å². The first-order valence-corrected chi connectivity index (χ1v) is 7.37. The van der Waals surface area contributed by atoms with Gasteiger partial charge in [0.25, 0.3) is 0 Å². The van der Waals surface area contributed by atoms with E-state index in [9.17, 15) is 9.00 Å². The standard InChI is InChI=1S/C13H16N2O2S/c1-18(17)12-5-3-2-4-10(12)6-7-11-8-9-13(16)15-14-11/h2-7,11,14H,8-9H2,1H3,(H,15,16)/b7-6+. The molecule has 1 fully saturated rings. The van der Waals surface area contributed by atoms with Crippen LogP contribution in [0.15, 0.2) is 35.2 Å². The van der Waals surface area contributed by atoms with Crippen molar-refractivity contribution in [3.05, 3.63) is 35.9 Å². The third-order valence-corrected chi connectivity index (χ3v) is 3.81. The molecule has 2 atom stereocenters. The Morgan fingerprint density at radius 1 is 1.39 bits per heavy atom. The second-order valence-electron chi connectivity index (χ2n) is 4.19. The second-order valence-corrected chi connectivity index (χ2v) is 5.54. The van der Waals surface area contributed by atoms with Crippen LogP contribution < -0.4 is 10.9 Å². The van der Waals surface area contributed by atoms with Crippen LogP contribution in [-0.4, -0.2) is 22.4 Å². The summed E-state index contributed by atoms with van der Waals surface area (Å²) >= 11 is 0. The van der Waals surface area contributed by atoms with E-state index < -0.39 is 10.8 Å². The predicted octanol–water partition coefficient (Wildman–Crippen LogP) is 1.22. The highest BCUT2D eigenvalue weighted by Crippen LogP contribution is 2.15. The van der Waals surface area contributed by atoms with Gasteiger partial charge < -0.3 is 0 Å². The Labute approximate surface area is 109 Å². The Bertz CT molecular complexity index is 490. The molecule has 1 heterocycles. The van der Waals surface area contributed by atoms with Crippen molar-refractivity contribution in [2.75, 3.05) is 6.26 Å². The van der Waals surface area contributed by atoms with Crippen LogP contribution in [0.1, 0.15) is 18.4 Å².